The Hall–Kier alpha value is -2.87. The van der Waals surface area contributed by atoms with Gasteiger partial charge in [-0.15, -0.1) is 16.4 Å². The first kappa shape index (κ1) is 16.0. The number of carbonyl (C=O) groups is 1. The van der Waals surface area contributed by atoms with E-state index in [4.69, 9.17) is 4.42 Å². The van der Waals surface area contributed by atoms with Crippen molar-refractivity contribution >= 4 is 22.9 Å². The summed E-state index contributed by atoms with van der Waals surface area (Å²) in [6.07, 6.45) is 0.0314. The summed E-state index contributed by atoms with van der Waals surface area (Å²) in [5.41, 5.74) is 1.22. The molecule has 1 aromatic carbocycles. The Balaban J connectivity index is 1.63. The van der Waals surface area contributed by atoms with Crippen LogP contribution in [-0.4, -0.2) is 20.8 Å². The Morgan fingerprint density at radius 2 is 2.25 bits per heavy atom. The molecule has 0 fully saturated rings. The number of aromatic hydroxyl groups is 1. The van der Waals surface area contributed by atoms with Crippen LogP contribution in [0.3, 0.4) is 0 Å². The van der Waals surface area contributed by atoms with Crippen LogP contribution < -0.4 is 11.1 Å². The summed E-state index contributed by atoms with van der Waals surface area (Å²) in [5, 5.41) is 18.3. The molecule has 124 valence electrons. The van der Waals surface area contributed by atoms with Crippen molar-refractivity contribution in [3.05, 3.63) is 51.8 Å². The normalized spacial score (nSPS) is 10.7. The van der Waals surface area contributed by atoms with Gasteiger partial charge < -0.3 is 14.8 Å². The Morgan fingerprint density at radius 3 is 2.96 bits per heavy atom. The molecular weight excluding hydrogens is 330 g/mol. The minimum absolute atomic E-state index is 0.00179. The number of aromatic nitrogens is 2. The number of anilines is 1. The molecule has 0 aliphatic rings. The van der Waals surface area contributed by atoms with Crippen LogP contribution in [-0.2, 0) is 11.3 Å². The lowest BCUT2D eigenvalue weighted by Crippen LogP contribution is -2.21. The lowest BCUT2D eigenvalue weighted by atomic mass is 10.2. The molecule has 8 heteroatoms. The number of hydrogen-bond donors (Lipinski definition) is 2. The molecule has 0 saturated heterocycles. The number of thiophene rings is 1. The molecule has 1 amide bonds. The van der Waals surface area contributed by atoms with E-state index in [1.165, 1.54) is 11.3 Å². The van der Waals surface area contributed by atoms with Gasteiger partial charge in [0.05, 0.1) is 17.1 Å². The van der Waals surface area contributed by atoms with Gasteiger partial charge in [-0.1, -0.05) is 12.1 Å². The third-order valence-corrected chi connectivity index (χ3v) is 4.17. The van der Waals surface area contributed by atoms with E-state index >= 15 is 0 Å². The second-order valence-corrected chi connectivity index (χ2v) is 6.14. The van der Waals surface area contributed by atoms with E-state index in [9.17, 15) is 14.7 Å². The van der Waals surface area contributed by atoms with Crippen molar-refractivity contribution in [1.29, 1.82) is 0 Å². The molecule has 0 aliphatic heterocycles. The van der Waals surface area contributed by atoms with E-state index < -0.39 is 5.76 Å². The van der Waals surface area contributed by atoms with Gasteiger partial charge in [0.2, 0.25) is 5.91 Å². The zero-order chi connectivity index (χ0) is 17.1. The highest BCUT2D eigenvalue weighted by Crippen LogP contribution is 2.24. The molecule has 3 rings (SSSR count). The monoisotopic (exact) mass is 345 g/mol. The van der Waals surface area contributed by atoms with Gasteiger partial charge >= 0.3 is 5.76 Å². The fourth-order valence-electron chi connectivity index (χ4n) is 2.11. The second-order valence-electron chi connectivity index (χ2n) is 5.19. The van der Waals surface area contributed by atoms with Crippen molar-refractivity contribution in [2.75, 3.05) is 5.32 Å². The van der Waals surface area contributed by atoms with Crippen molar-refractivity contribution in [2.45, 2.75) is 19.9 Å². The van der Waals surface area contributed by atoms with Gasteiger partial charge in [0.25, 0.3) is 5.89 Å². The molecule has 0 saturated carbocycles. The van der Waals surface area contributed by atoms with Crippen LogP contribution in [0.4, 0.5) is 5.69 Å². The molecule has 0 radical (unpaired) electrons. The zero-order valence-corrected chi connectivity index (χ0v) is 13.7. The third kappa shape index (κ3) is 3.54. The highest BCUT2D eigenvalue weighted by Gasteiger charge is 2.13. The number of phenols is 1. The second kappa shape index (κ2) is 6.71. The molecular formula is C16H15N3O4S. The van der Waals surface area contributed by atoms with Gasteiger partial charge in [-0.2, -0.15) is 4.68 Å². The highest BCUT2D eigenvalue weighted by molar-refractivity contribution is 7.13. The number of nitrogens with zero attached hydrogens (tertiary/aromatic N) is 2. The summed E-state index contributed by atoms with van der Waals surface area (Å²) in [5.74, 6) is -0.695. The van der Waals surface area contributed by atoms with Crippen LogP contribution >= 0.6 is 11.3 Å². The summed E-state index contributed by atoms with van der Waals surface area (Å²) in [4.78, 5) is 24.5. The highest BCUT2D eigenvalue weighted by atomic mass is 32.1. The average molecular weight is 345 g/mol. The van der Waals surface area contributed by atoms with E-state index in [2.05, 4.69) is 10.4 Å². The summed E-state index contributed by atoms with van der Waals surface area (Å²) in [7, 11) is 0. The molecule has 24 heavy (non-hydrogen) atoms. The Morgan fingerprint density at radius 1 is 1.42 bits per heavy atom. The van der Waals surface area contributed by atoms with Gasteiger partial charge in [0.1, 0.15) is 5.75 Å². The van der Waals surface area contributed by atoms with Gasteiger partial charge in [-0.3, -0.25) is 4.79 Å². The molecule has 0 spiro atoms. The number of phenolic OH excluding ortho intramolecular Hbond substituents is 1. The van der Waals surface area contributed by atoms with Gasteiger partial charge in [0.15, 0.2) is 0 Å². The largest absolute Gasteiger partial charge is 0.506 e. The van der Waals surface area contributed by atoms with E-state index in [1.807, 2.05) is 18.4 Å². The maximum Gasteiger partial charge on any atom is 0.437 e. The van der Waals surface area contributed by atoms with Crippen LogP contribution in [0.15, 0.2) is 44.9 Å². The first-order valence-electron chi connectivity index (χ1n) is 7.24. The quantitative estimate of drug-likeness (QED) is 0.693. The van der Waals surface area contributed by atoms with Crippen molar-refractivity contribution in [3.8, 4) is 16.5 Å². The summed E-state index contributed by atoms with van der Waals surface area (Å²) in [6, 6.07) is 8.60. The number of aryl methyl sites for hydroxylation is 2. The van der Waals surface area contributed by atoms with Crippen LogP contribution in [0.2, 0.25) is 0 Å². The predicted octanol–water partition coefficient (Wildman–Crippen LogP) is 2.61. The van der Waals surface area contributed by atoms with Crippen LogP contribution in [0.25, 0.3) is 10.8 Å². The van der Waals surface area contributed by atoms with Crippen molar-refractivity contribution < 1.29 is 14.3 Å². The number of nitrogens with one attached hydrogen (secondary N) is 1. The standard InChI is InChI=1S/C16H15N3O4S/c1-10-4-5-11(12(20)9-10)17-14(21)6-7-19-16(22)23-15(18-19)13-3-2-8-24-13/h2-5,8-9,20H,6-7H2,1H3,(H,17,21). The summed E-state index contributed by atoms with van der Waals surface area (Å²) in [6.45, 7) is 1.93. The maximum absolute atomic E-state index is 12.0. The first-order chi connectivity index (χ1) is 11.5. The van der Waals surface area contributed by atoms with Gasteiger partial charge in [-0.25, -0.2) is 4.79 Å². The maximum atomic E-state index is 12.0. The molecule has 0 unspecified atom stereocenters. The van der Waals surface area contributed by atoms with Crippen molar-refractivity contribution in [1.82, 2.24) is 9.78 Å². The molecule has 3 aromatic rings. The molecule has 7 nitrogen and oxygen atoms in total. The van der Waals surface area contributed by atoms with Crippen LogP contribution in [0.1, 0.15) is 12.0 Å². The van der Waals surface area contributed by atoms with Crippen LogP contribution in [0, 0.1) is 6.92 Å². The Kier molecular flexibility index (Phi) is 4.48. The number of amides is 1. The Bertz CT molecular complexity index is 912. The zero-order valence-electron chi connectivity index (χ0n) is 12.9. The van der Waals surface area contributed by atoms with Crippen LogP contribution in [0.5, 0.6) is 5.75 Å². The fourth-order valence-corrected chi connectivity index (χ4v) is 2.76. The Labute approximate surface area is 141 Å². The molecule has 2 heterocycles. The van der Waals surface area contributed by atoms with Gasteiger partial charge in [-0.05, 0) is 36.1 Å². The summed E-state index contributed by atoms with van der Waals surface area (Å²) < 4.78 is 6.19. The van der Waals surface area contributed by atoms with E-state index in [0.717, 1.165) is 15.1 Å². The molecule has 2 N–H and O–H groups in total. The minimum atomic E-state index is -0.607. The van der Waals surface area contributed by atoms with Gasteiger partial charge in [0, 0.05) is 6.42 Å². The molecule has 0 atom stereocenters. The number of benzene rings is 1. The lowest BCUT2D eigenvalue weighted by Gasteiger charge is -2.07. The summed E-state index contributed by atoms with van der Waals surface area (Å²) >= 11 is 1.41. The number of rotatable bonds is 5. The average Bonchev–Trinajstić information content (AvgIpc) is 3.17. The number of carbonyl (C=O) groups excluding carboxylic acids is 1. The number of hydrogen-bond acceptors (Lipinski definition) is 6. The van der Waals surface area contributed by atoms with E-state index in [0.29, 0.717) is 5.69 Å². The van der Waals surface area contributed by atoms with Crippen molar-refractivity contribution in [3.63, 3.8) is 0 Å². The smallest absolute Gasteiger partial charge is 0.437 e. The SMILES string of the molecule is Cc1ccc(NC(=O)CCn2nc(-c3cccs3)oc2=O)c(O)c1. The minimum Gasteiger partial charge on any atom is -0.506 e. The molecule has 2 aromatic heterocycles. The predicted molar refractivity (Wildman–Crippen MR) is 90.2 cm³/mol. The first-order valence-corrected chi connectivity index (χ1v) is 8.12. The fraction of sp³-hybridized carbons (Fsp3) is 0.188. The molecule has 0 bridgehead atoms. The van der Waals surface area contributed by atoms with E-state index in [-0.39, 0.29) is 30.5 Å². The van der Waals surface area contributed by atoms with Crippen molar-refractivity contribution in [2.24, 2.45) is 0 Å². The molecule has 0 aliphatic carbocycles. The van der Waals surface area contributed by atoms with E-state index in [1.54, 1.807) is 24.3 Å². The third-order valence-electron chi connectivity index (χ3n) is 3.32. The lowest BCUT2D eigenvalue weighted by molar-refractivity contribution is -0.116. The topological polar surface area (TPSA) is 97.4 Å².